The molecular formula is C28H31NO7S. The number of rotatable bonds is 9. The second kappa shape index (κ2) is 11.6. The van der Waals surface area contributed by atoms with Crippen molar-refractivity contribution in [3.63, 3.8) is 0 Å². The van der Waals surface area contributed by atoms with Gasteiger partial charge in [-0.2, -0.15) is 8.42 Å². The smallest absolute Gasteiger partial charge is 0.339 e. The molecule has 0 fully saturated rings. The van der Waals surface area contributed by atoms with Crippen LogP contribution in [0.5, 0.6) is 5.75 Å². The van der Waals surface area contributed by atoms with E-state index in [9.17, 15) is 18.0 Å². The minimum absolute atomic E-state index is 0.00192. The highest BCUT2D eigenvalue weighted by molar-refractivity contribution is 7.87. The first kappa shape index (κ1) is 27.9. The van der Waals surface area contributed by atoms with Crippen LogP contribution in [-0.4, -0.2) is 32.0 Å². The van der Waals surface area contributed by atoms with E-state index < -0.39 is 39.6 Å². The van der Waals surface area contributed by atoms with E-state index in [1.54, 1.807) is 45.0 Å². The lowest BCUT2D eigenvalue weighted by molar-refractivity contribution is -0.161. The van der Waals surface area contributed by atoms with Crippen molar-refractivity contribution in [2.75, 3.05) is 0 Å². The van der Waals surface area contributed by atoms with Gasteiger partial charge in [-0.05, 0) is 63.1 Å². The molecule has 3 rings (SSSR count). The van der Waals surface area contributed by atoms with Gasteiger partial charge in [-0.3, -0.25) is 9.59 Å². The van der Waals surface area contributed by atoms with Gasteiger partial charge in [0.05, 0.1) is 0 Å². The van der Waals surface area contributed by atoms with Gasteiger partial charge in [0, 0.05) is 0 Å². The summed E-state index contributed by atoms with van der Waals surface area (Å²) in [6.45, 7) is 6.95. The van der Waals surface area contributed by atoms with E-state index in [4.69, 9.17) is 19.4 Å². The highest BCUT2D eigenvalue weighted by Gasteiger charge is 2.36. The lowest BCUT2D eigenvalue weighted by atomic mass is 9.91. The van der Waals surface area contributed by atoms with Crippen LogP contribution in [0.4, 0.5) is 0 Å². The maximum absolute atomic E-state index is 13.1. The number of hydrogen-bond donors (Lipinski definition) is 1. The van der Waals surface area contributed by atoms with Crippen molar-refractivity contribution < 1.29 is 31.7 Å². The number of carbonyl (C=O) groups is 2. The Kier molecular flexibility index (Phi) is 8.73. The van der Waals surface area contributed by atoms with E-state index in [0.717, 1.165) is 11.1 Å². The molecule has 0 saturated heterocycles. The predicted octanol–water partition coefficient (Wildman–Crippen LogP) is 4.26. The quantitative estimate of drug-likeness (QED) is 0.325. The number of hydrogen-bond acceptors (Lipinski definition) is 8. The largest absolute Gasteiger partial charge is 0.460 e. The maximum atomic E-state index is 13.1. The third kappa shape index (κ3) is 7.90. The summed E-state index contributed by atoms with van der Waals surface area (Å²) in [5.41, 5.74) is 7.41. The van der Waals surface area contributed by atoms with Gasteiger partial charge in [0.1, 0.15) is 34.8 Å². The van der Waals surface area contributed by atoms with Gasteiger partial charge >= 0.3 is 22.1 Å². The molecule has 0 aliphatic carbocycles. The minimum Gasteiger partial charge on any atom is -0.460 e. The van der Waals surface area contributed by atoms with Crippen LogP contribution in [-0.2, 0) is 35.8 Å². The van der Waals surface area contributed by atoms with Gasteiger partial charge < -0.3 is 19.4 Å². The molecule has 2 unspecified atom stereocenters. The van der Waals surface area contributed by atoms with Crippen molar-refractivity contribution in [3.05, 3.63) is 95.6 Å². The van der Waals surface area contributed by atoms with Gasteiger partial charge in [0.2, 0.25) is 0 Å². The Bertz CT molecular complexity index is 1310. The molecule has 0 spiro atoms. The van der Waals surface area contributed by atoms with Crippen molar-refractivity contribution in [2.24, 2.45) is 5.73 Å². The first-order chi connectivity index (χ1) is 17.4. The number of benzene rings is 3. The van der Waals surface area contributed by atoms with Gasteiger partial charge in [0.25, 0.3) is 0 Å². The molecule has 196 valence electrons. The predicted molar refractivity (Wildman–Crippen MR) is 138 cm³/mol. The van der Waals surface area contributed by atoms with Crippen LogP contribution in [0.2, 0.25) is 0 Å². The van der Waals surface area contributed by atoms with Crippen LogP contribution < -0.4 is 9.92 Å². The summed E-state index contributed by atoms with van der Waals surface area (Å²) in [5.74, 6) is -2.64. The Morgan fingerprint density at radius 2 is 1.46 bits per heavy atom. The van der Waals surface area contributed by atoms with Crippen LogP contribution in [0.25, 0.3) is 0 Å². The van der Waals surface area contributed by atoms with E-state index in [1.165, 1.54) is 36.4 Å². The fraction of sp³-hybridized carbons (Fsp3) is 0.286. The highest BCUT2D eigenvalue weighted by atomic mass is 32.2. The molecule has 3 aromatic carbocycles. The standard InChI is InChI=1S/C28H31NO7S/c1-19-10-16-23(17-11-19)37(32,33)36-22-14-12-21(13-15-22)24(26(30)35-28(2,3)4)25(29)27(31)34-18-20-8-6-5-7-9-20/h5-17,24-25H,18,29H2,1-4H3. The van der Waals surface area contributed by atoms with Crippen molar-refractivity contribution in [3.8, 4) is 5.75 Å². The van der Waals surface area contributed by atoms with Crippen LogP contribution >= 0.6 is 0 Å². The van der Waals surface area contributed by atoms with Gasteiger partial charge in [-0.1, -0.05) is 60.2 Å². The Morgan fingerprint density at radius 3 is 2.03 bits per heavy atom. The van der Waals surface area contributed by atoms with Crippen LogP contribution in [0, 0.1) is 6.92 Å². The average molecular weight is 526 g/mol. The first-order valence-electron chi connectivity index (χ1n) is 11.7. The van der Waals surface area contributed by atoms with E-state index in [1.807, 2.05) is 25.1 Å². The van der Waals surface area contributed by atoms with Crippen molar-refractivity contribution in [2.45, 2.75) is 56.8 Å². The molecule has 37 heavy (non-hydrogen) atoms. The first-order valence-corrected chi connectivity index (χ1v) is 13.1. The number of aryl methyl sites for hydroxylation is 1. The summed E-state index contributed by atoms with van der Waals surface area (Å²) >= 11 is 0. The van der Waals surface area contributed by atoms with E-state index in [-0.39, 0.29) is 17.3 Å². The molecule has 9 heteroatoms. The second-order valence-electron chi connectivity index (χ2n) is 9.55. The van der Waals surface area contributed by atoms with Gasteiger partial charge in [0.15, 0.2) is 0 Å². The molecule has 0 bridgehead atoms. The average Bonchev–Trinajstić information content (AvgIpc) is 2.83. The fourth-order valence-corrected chi connectivity index (χ4v) is 4.36. The maximum Gasteiger partial charge on any atom is 0.339 e. The summed E-state index contributed by atoms with van der Waals surface area (Å²) < 4.78 is 41.3. The molecule has 0 saturated carbocycles. The monoisotopic (exact) mass is 525 g/mol. The second-order valence-corrected chi connectivity index (χ2v) is 11.1. The van der Waals surface area contributed by atoms with Crippen molar-refractivity contribution in [1.82, 2.24) is 0 Å². The number of nitrogens with two attached hydrogens (primary N) is 1. The molecule has 0 radical (unpaired) electrons. The summed E-state index contributed by atoms with van der Waals surface area (Å²) in [7, 11) is -4.06. The summed E-state index contributed by atoms with van der Waals surface area (Å²) in [4.78, 5) is 25.9. The molecule has 8 nitrogen and oxygen atoms in total. The van der Waals surface area contributed by atoms with Crippen molar-refractivity contribution >= 4 is 22.1 Å². The number of esters is 2. The SMILES string of the molecule is Cc1ccc(S(=O)(=O)Oc2ccc(C(C(=O)OC(C)(C)C)C(N)C(=O)OCc3ccccc3)cc2)cc1. The van der Waals surface area contributed by atoms with Crippen molar-refractivity contribution in [1.29, 1.82) is 0 Å². The lowest BCUT2D eigenvalue weighted by Gasteiger charge is -2.27. The zero-order valence-electron chi connectivity index (χ0n) is 21.2. The number of carbonyl (C=O) groups excluding carboxylic acids is 2. The van der Waals surface area contributed by atoms with E-state index in [2.05, 4.69) is 0 Å². The summed E-state index contributed by atoms with van der Waals surface area (Å²) in [6, 6.07) is 19.7. The molecule has 0 aliphatic heterocycles. The molecule has 0 aromatic heterocycles. The van der Waals surface area contributed by atoms with E-state index >= 15 is 0 Å². The van der Waals surface area contributed by atoms with E-state index in [0.29, 0.717) is 5.56 Å². The van der Waals surface area contributed by atoms with Crippen LogP contribution in [0.1, 0.15) is 43.4 Å². The van der Waals surface area contributed by atoms with Gasteiger partial charge in [-0.25, -0.2) is 0 Å². The number of ether oxygens (including phenoxy) is 2. The molecule has 2 N–H and O–H groups in total. The van der Waals surface area contributed by atoms with Crippen LogP contribution in [0.3, 0.4) is 0 Å². The Morgan fingerprint density at radius 1 is 0.865 bits per heavy atom. The molecule has 2 atom stereocenters. The zero-order chi connectivity index (χ0) is 27.2. The summed E-state index contributed by atoms with van der Waals surface area (Å²) in [6.07, 6.45) is 0. The minimum atomic E-state index is -4.06. The molecule has 0 amide bonds. The summed E-state index contributed by atoms with van der Waals surface area (Å²) in [5, 5.41) is 0. The normalized spacial score (nSPS) is 13.3. The Balaban J connectivity index is 1.81. The fourth-order valence-electron chi connectivity index (χ4n) is 3.43. The lowest BCUT2D eigenvalue weighted by Crippen LogP contribution is -2.43. The molecular weight excluding hydrogens is 494 g/mol. The molecule has 3 aromatic rings. The third-order valence-corrected chi connectivity index (χ3v) is 6.53. The zero-order valence-corrected chi connectivity index (χ0v) is 22.0. The third-order valence-electron chi connectivity index (χ3n) is 5.27. The Hall–Kier alpha value is -3.69. The highest BCUT2D eigenvalue weighted by Crippen LogP contribution is 2.27. The topological polar surface area (TPSA) is 122 Å². The van der Waals surface area contributed by atoms with Gasteiger partial charge in [-0.15, -0.1) is 0 Å². The Labute approximate surface area is 217 Å². The molecule has 0 heterocycles. The van der Waals surface area contributed by atoms with Crippen LogP contribution in [0.15, 0.2) is 83.8 Å². The molecule has 0 aliphatic rings.